The minimum atomic E-state index is -0.999. The summed E-state index contributed by atoms with van der Waals surface area (Å²) in [5.41, 5.74) is -0.999. The molecule has 0 aromatic carbocycles. The number of nitrogens with one attached hydrogen (secondary N) is 2. The fraction of sp³-hybridized carbons (Fsp3) is 0.444. The molecule has 0 saturated carbocycles. The van der Waals surface area contributed by atoms with Crippen LogP contribution in [0.15, 0.2) is 9.98 Å². The van der Waals surface area contributed by atoms with Crippen molar-refractivity contribution in [2.24, 2.45) is 5.41 Å². The highest BCUT2D eigenvalue weighted by atomic mass is 79.9. The van der Waals surface area contributed by atoms with Gasteiger partial charge < -0.3 is 10.4 Å². The van der Waals surface area contributed by atoms with Crippen LogP contribution >= 0.6 is 27.3 Å². The number of anilines is 1. The molecule has 6 nitrogen and oxygen atoms in total. The number of carbonyl (C=O) groups excluding carboxylic acids is 1. The molecule has 8 heteroatoms. The van der Waals surface area contributed by atoms with Gasteiger partial charge in [-0.15, -0.1) is 0 Å². The molecule has 0 spiro atoms. The van der Waals surface area contributed by atoms with E-state index in [1.54, 1.807) is 6.20 Å². The summed E-state index contributed by atoms with van der Waals surface area (Å²) in [5, 5.41) is 14.3. The van der Waals surface area contributed by atoms with E-state index in [1.165, 1.54) is 25.2 Å². The summed E-state index contributed by atoms with van der Waals surface area (Å²) < 4.78 is 0.804. The summed E-state index contributed by atoms with van der Waals surface area (Å²) in [6, 6.07) is -0.471. The first kappa shape index (κ1) is 13.9. The van der Waals surface area contributed by atoms with E-state index in [4.69, 9.17) is 5.11 Å². The zero-order valence-corrected chi connectivity index (χ0v) is 11.7. The van der Waals surface area contributed by atoms with E-state index >= 15 is 0 Å². The molecular weight excluding hydrogens is 310 g/mol. The van der Waals surface area contributed by atoms with Crippen LogP contribution in [0.4, 0.5) is 9.93 Å². The van der Waals surface area contributed by atoms with Gasteiger partial charge >= 0.3 is 12.0 Å². The van der Waals surface area contributed by atoms with Gasteiger partial charge in [-0.1, -0.05) is 11.3 Å². The average molecular weight is 322 g/mol. The second-order valence-electron chi connectivity index (χ2n) is 3.97. The molecule has 0 aliphatic carbocycles. The van der Waals surface area contributed by atoms with E-state index in [0.717, 1.165) is 3.79 Å². The maximum Gasteiger partial charge on any atom is 0.321 e. The molecule has 0 aliphatic heterocycles. The number of halogens is 1. The topological polar surface area (TPSA) is 91.3 Å². The van der Waals surface area contributed by atoms with Gasteiger partial charge in [-0.05, 0) is 29.8 Å². The molecule has 0 aliphatic rings. The second kappa shape index (κ2) is 5.46. The van der Waals surface area contributed by atoms with Crippen LogP contribution in [0.1, 0.15) is 13.8 Å². The molecule has 0 unspecified atom stereocenters. The van der Waals surface area contributed by atoms with Crippen molar-refractivity contribution >= 4 is 44.4 Å². The molecule has 1 heterocycles. The molecule has 0 atom stereocenters. The first-order valence-electron chi connectivity index (χ1n) is 4.71. The van der Waals surface area contributed by atoms with Crippen LogP contribution in [0.3, 0.4) is 0 Å². The molecule has 1 aromatic rings. The monoisotopic (exact) mass is 321 g/mol. The number of hydrogen-bond donors (Lipinski definition) is 3. The molecular formula is C9H12BrN3O3S. The van der Waals surface area contributed by atoms with E-state index in [0.29, 0.717) is 5.13 Å². The Morgan fingerprint density at radius 3 is 2.71 bits per heavy atom. The Morgan fingerprint density at radius 1 is 1.59 bits per heavy atom. The molecule has 0 bridgehead atoms. The number of aromatic nitrogens is 1. The van der Waals surface area contributed by atoms with Crippen molar-refractivity contribution in [1.29, 1.82) is 0 Å². The zero-order valence-electron chi connectivity index (χ0n) is 9.28. The summed E-state index contributed by atoms with van der Waals surface area (Å²) >= 11 is 4.49. The van der Waals surface area contributed by atoms with Crippen molar-refractivity contribution in [3.8, 4) is 0 Å². The molecule has 1 rings (SSSR count). The number of amides is 2. The number of rotatable bonds is 4. The number of aliphatic carboxylic acids is 1. The number of urea groups is 1. The van der Waals surface area contributed by atoms with Gasteiger partial charge in [-0.2, -0.15) is 0 Å². The van der Waals surface area contributed by atoms with Crippen LogP contribution in [0, 0.1) is 5.41 Å². The third kappa shape index (κ3) is 4.31. The van der Waals surface area contributed by atoms with E-state index in [1.807, 2.05) is 0 Å². The smallest absolute Gasteiger partial charge is 0.321 e. The van der Waals surface area contributed by atoms with E-state index < -0.39 is 17.4 Å². The predicted octanol–water partition coefficient (Wildman–Crippen LogP) is 2.14. The zero-order chi connectivity index (χ0) is 13.1. The maximum absolute atomic E-state index is 11.4. The number of thiazole rings is 1. The third-order valence-corrected chi connectivity index (χ3v) is 3.36. The van der Waals surface area contributed by atoms with Crippen LogP contribution in [-0.2, 0) is 4.79 Å². The lowest BCUT2D eigenvalue weighted by molar-refractivity contribution is -0.146. The van der Waals surface area contributed by atoms with Gasteiger partial charge in [0, 0.05) is 6.54 Å². The number of carboxylic acids is 1. The molecule has 1 aromatic heterocycles. The fourth-order valence-corrected chi connectivity index (χ4v) is 1.93. The van der Waals surface area contributed by atoms with Crippen molar-refractivity contribution in [1.82, 2.24) is 10.3 Å². The normalized spacial score (nSPS) is 11.0. The van der Waals surface area contributed by atoms with Gasteiger partial charge in [0.25, 0.3) is 0 Å². The SMILES string of the molecule is CC(C)(CNC(=O)Nc1ncc(Br)s1)C(=O)O. The van der Waals surface area contributed by atoms with Gasteiger partial charge in [0.15, 0.2) is 5.13 Å². The third-order valence-electron chi connectivity index (χ3n) is 1.97. The molecule has 0 fully saturated rings. The van der Waals surface area contributed by atoms with Crippen molar-refractivity contribution < 1.29 is 14.7 Å². The largest absolute Gasteiger partial charge is 0.481 e. The maximum atomic E-state index is 11.4. The van der Waals surface area contributed by atoms with Gasteiger partial charge in [0.2, 0.25) is 0 Å². The average Bonchev–Trinajstić information content (AvgIpc) is 2.61. The summed E-state index contributed by atoms with van der Waals surface area (Å²) in [6.07, 6.45) is 1.57. The highest BCUT2D eigenvalue weighted by Crippen LogP contribution is 2.22. The first-order valence-corrected chi connectivity index (χ1v) is 6.32. The van der Waals surface area contributed by atoms with Crippen molar-refractivity contribution in [3.63, 3.8) is 0 Å². The van der Waals surface area contributed by atoms with Gasteiger partial charge in [0.1, 0.15) is 0 Å². The van der Waals surface area contributed by atoms with Gasteiger partial charge in [0.05, 0.1) is 15.4 Å². The van der Waals surface area contributed by atoms with Crippen LogP contribution < -0.4 is 10.6 Å². The number of hydrogen-bond acceptors (Lipinski definition) is 4. The molecule has 2 amide bonds. The van der Waals surface area contributed by atoms with E-state index in [-0.39, 0.29) is 6.54 Å². The predicted molar refractivity (Wildman–Crippen MR) is 68.3 cm³/mol. The Balaban J connectivity index is 2.43. The Kier molecular flexibility index (Phi) is 4.47. The lowest BCUT2D eigenvalue weighted by atomic mass is 9.94. The Labute approximate surface area is 111 Å². The van der Waals surface area contributed by atoms with Crippen LogP contribution in [0.2, 0.25) is 0 Å². The molecule has 17 heavy (non-hydrogen) atoms. The summed E-state index contributed by atoms with van der Waals surface area (Å²) in [7, 11) is 0. The molecule has 0 radical (unpaired) electrons. The lowest BCUT2D eigenvalue weighted by Gasteiger charge is -2.19. The van der Waals surface area contributed by atoms with E-state index in [9.17, 15) is 9.59 Å². The standard InChI is InChI=1S/C9H12BrN3O3S/c1-9(2,6(14)15)4-12-7(16)13-8-11-3-5(10)17-8/h3H,4H2,1-2H3,(H,14,15)(H2,11,12,13,16). The van der Waals surface area contributed by atoms with Gasteiger partial charge in [-0.3, -0.25) is 10.1 Å². The molecule has 0 saturated heterocycles. The highest BCUT2D eigenvalue weighted by molar-refractivity contribution is 9.11. The van der Waals surface area contributed by atoms with Crippen LogP contribution in [-0.4, -0.2) is 28.6 Å². The van der Waals surface area contributed by atoms with Crippen LogP contribution in [0.25, 0.3) is 0 Å². The van der Waals surface area contributed by atoms with Gasteiger partial charge in [-0.25, -0.2) is 9.78 Å². The minimum absolute atomic E-state index is 0.0424. The van der Waals surface area contributed by atoms with Crippen molar-refractivity contribution in [2.75, 3.05) is 11.9 Å². The van der Waals surface area contributed by atoms with E-state index in [2.05, 4.69) is 31.5 Å². The summed E-state index contributed by atoms with van der Waals surface area (Å²) in [4.78, 5) is 26.2. The Morgan fingerprint density at radius 2 is 2.24 bits per heavy atom. The Bertz CT molecular complexity index is 433. The number of carbonyl (C=O) groups is 2. The van der Waals surface area contributed by atoms with Crippen molar-refractivity contribution in [2.45, 2.75) is 13.8 Å². The highest BCUT2D eigenvalue weighted by Gasteiger charge is 2.27. The molecule has 94 valence electrons. The van der Waals surface area contributed by atoms with Crippen LogP contribution in [0.5, 0.6) is 0 Å². The van der Waals surface area contributed by atoms with Crippen molar-refractivity contribution in [3.05, 3.63) is 9.98 Å². The first-order chi connectivity index (χ1) is 7.81. The quantitative estimate of drug-likeness (QED) is 0.792. The number of carboxylic acid groups (broad SMARTS) is 1. The minimum Gasteiger partial charge on any atom is -0.481 e. The summed E-state index contributed by atoms with van der Waals surface area (Å²) in [5.74, 6) is -0.963. The fourth-order valence-electron chi connectivity index (χ4n) is 0.830. The molecule has 3 N–H and O–H groups in total. The summed E-state index contributed by atoms with van der Waals surface area (Å²) in [6.45, 7) is 3.12. The Hall–Kier alpha value is -1.15. The number of nitrogens with zero attached hydrogens (tertiary/aromatic N) is 1. The second-order valence-corrected chi connectivity index (χ2v) is 6.38. The lowest BCUT2D eigenvalue weighted by Crippen LogP contribution is -2.40.